The normalized spacial score (nSPS) is 50.0. The standard InChI is InChI=1S/C24H48N6O10/c1-29-17-19(34)21-14(6-11(28)22(39-21)36-13-7-12(32)9(26)5-10(13)27)37-23(17)40-24-20(35)18(33)16(15(8-31)38-24)30-4-2-3-25/h9-24,29-35H,2-8,25-28H2,1H3/t9-,10?,11?,12?,13+,14+,15?,16-,17?,18?,19?,20?,21?,22+,23?,24-/m1/s1. The van der Waals surface area contributed by atoms with Crippen LogP contribution in [0, 0.1) is 0 Å². The molecule has 10 unspecified atom stereocenters. The highest BCUT2D eigenvalue weighted by Crippen LogP contribution is 2.35. The number of hydrogen-bond donors (Lipinski definition) is 11. The number of nitrogens with one attached hydrogen (secondary N) is 2. The third kappa shape index (κ3) is 6.94. The van der Waals surface area contributed by atoms with Crippen molar-refractivity contribution in [3.05, 3.63) is 0 Å². The predicted molar refractivity (Wildman–Crippen MR) is 139 cm³/mol. The Balaban J connectivity index is 1.39. The molecule has 16 atom stereocenters. The first-order valence-electron chi connectivity index (χ1n) is 14.1. The molecule has 0 radical (unpaired) electrons. The summed E-state index contributed by atoms with van der Waals surface area (Å²) in [5.41, 5.74) is 24.0. The highest BCUT2D eigenvalue weighted by Gasteiger charge is 2.53. The third-order valence-electron chi connectivity index (χ3n) is 8.37. The Morgan fingerprint density at radius 2 is 1.55 bits per heavy atom. The van der Waals surface area contributed by atoms with Crippen molar-refractivity contribution in [2.75, 3.05) is 26.7 Å². The summed E-state index contributed by atoms with van der Waals surface area (Å²) in [4.78, 5) is 0. The van der Waals surface area contributed by atoms with Gasteiger partial charge in [0.15, 0.2) is 18.9 Å². The van der Waals surface area contributed by atoms with Crippen molar-refractivity contribution in [3.8, 4) is 0 Å². The zero-order valence-corrected chi connectivity index (χ0v) is 22.8. The molecule has 15 N–H and O–H groups in total. The van der Waals surface area contributed by atoms with Gasteiger partial charge in [0.1, 0.15) is 30.5 Å². The first kappa shape index (κ1) is 32.3. The number of hydrogen-bond acceptors (Lipinski definition) is 16. The Bertz CT molecular complexity index is 788. The molecule has 0 aromatic heterocycles. The lowest BCUT2D eigenvalue weighted by Crippen LogP contribution is -2.70. The third-order valence-corrected chi connectivity index (χ3v) is 8.37. The van der Waals surface area contributed by atoms with Crippen LogP contribution in [-0.2, 0) is 23.7 Å². The number of likely N-dealkylation sites (N-methyl/N-ethyl adjacent to an activating group) is 1. The van der Waals surface area contributed by atoms with Crippen LogP contribution in [0.1, 0.15) is 25.7 Å². The zero-order valence-electron chi connectivity index (χ0n) is 22.8. The maximum Gasteiger partial charge on any atom is 0.189 e. The molecule has 4 fully saturated rings. The molecule has 234 valence electrons. The monoisotopic (exact) mass is 580 g/mol. The number of aliphatic hydroxyl groups is 5. The molecular formula is C24H48N6O10. The van der Waals surface area contributed by atoms with Crippen molar-refractivity contribution >= 4 is 0 Å². The second-order valence-corrected chi connectivity index (χ2v) is 11.2. The summed E-state index contributed by atoms with van der Waals surface area (Å²) in [5.74, 6) is 0. The van der Waals surface area contributed by atoms with E-state index in [1.165, 1.54) is 0 Å². The minimum atomic E-state index is -1.47. The smallest absolute Gasteiger partial charge is 0.189 e. The van der Waals surface area contributed by atoms with Gasteiger partial charge in [-0.05, 0) is 39.4 Å². The summed E-state index contributed by atoms with van der Waals surface area (Å²) in [6.07, 6.45) is -9.48. The summed E-state index contributed by atoms with van der Waals surface area (Å²) >= 11 is 0. The van der Waals surface area contributed by atoms with Gasteiger partial charge in [-0.2, -0.15) is 0 Å². The van der Waals surface area contributed by atoms with E-state index >= 15 is 0 Å². The van der Waals surface area contributed by atoms with Gasteiger partial charge in [-0.25, -0.2) is 0 Å². The van der Waals surface area contributed by atoms with Crippen LogP contribution < -0.4 is 33.6 Å². The number of rotatable bonds is 10. The van der Waals surface area contributed by atoms with E-state index in [0.29, 0.717) is 25.9 Å². The Morgan fingerprint density at radius 1 is 0.800 bits per heavy atom. The Labute approximate surface area is 233 Å². The van der Waals surface area contributed by atoms with Crippen molar-refractivity contribution in [3.63, 3.8) is 0 Å². The number of fused-ring (bicyclic) bond motifs is 1. The van der Waals surface area contributed by atoms with E-state index in [2.05, 4.69) is 10.6 Å². The largest absolute Gasteiger partial charge is 0.394 e. The van der Waals surface area contributed by atoms with Crippen molar-refractivity contribution in [2.24, 2.45) is 22.9 Å². The fourth-order valence-corrected chi connectivity index (χ4v) is 5.96. The van der Waals surface area contributed by atoms with Gasteiger partial charge in [-0.15, -0.1) is 0 Å². The van der Waals surface area contributed by atoms with Gasteiger partial charge >= 0.3 is 0 Å². The molecule has 0 amide bonds. The lowest BCUT2D eigenvalue weighted by molar-refractivity contribution is -0.372. The Morgan fingerprint density at radius 3 is 2.23 bits per heavy atom. The van der Waals surface area contributed by atoms with E-state index in [9.17, 15) is 25.5 Å². The highest BCUT2D eigenvalue weighted by molar-refractivity contribution is 5.00. The van der Waals surface area contributed by atoms with Gasteiger partial charge < -0.3 is 82.8 Å². The minimum absolute atomic E-state index is 0.241. The molecule has 1 aliphatic carbocycles. The molecule has 16 nitrogen and oxygen atoms in total. The summed E-state index contributed by atoms with van der Waals surface area (Å²) in [6, 6.07) is -3.05. The van der Waals surface area contributed by atoms with Crippen LogP contribution >= 0.6 is 0 Å². The fraction of sp³-hybridized carbons (Fsp3) is 1.00. The van der Waals surface area contributed by atoms with Crippen LogP contribution in [0.5, 0.6) is 0 Å². The minimum Gasteiger partial charge on any atom is -0.394 e. The number of nitrogens with two attached hydrogens (primary N) is 4. The van der Waals surface area contributed by atoms with Crippen molar-refractivity contribution in [1.29, 1.82) is 0 Å². The average Bonchev–Trinajstić information content (AvgIpc) is 2.92. The lowest BCUT2D eigenvalue weighted by atomic mass is 9.87. The zero-order chi connectivity index (χ0) is 29.1. The first-order chi connectivity index (χ1) is 19.1. The van der Waals surface area contributed by atoms with Crippen molar-refractivity contribution in [2.45, 2.75) is 124 Å². The van der Waals surface area contributed by atoms with Crippen molar-refractivity contribution in [1.82, 2.24) is 10.6 Å². The van der Waals surface area contributed by atoms with Gasteiger partial charge in [0.2, 0.25) is 0 Å². The predicted octanol–water partition coefficient (Wildman–Crippen LogP) is -5.94. The van der Waals surface area contributed by atoms with Crippen LogP contribution in [-0.4, -0.2) is 150 Å². The van der Waals surface area contributed by atoms with Gasteiger partial charge in [0.25, 0.3) is 0 Å². The topological polar surface area (TPSA) is 275 Å². The average molecular weight is 581 g/mol. The van der Waals surface area contributed by atoms with E-state index < -0.39 is 105 Å². The summed E-state index contributed by atoms with van der Waals surface area (Å²) in [5, 5.41) is 58.8. The van der Waals surface area contributed by atoms with Crippen LogP contribution in [0.25, 0.3) is 0 Å². The maximum absolute atomic E-state index is 11.2. The van der Waals surface area contributed by atoms with Crippen LogP contribution in [0.4, 0.5) is 0 Å². The quantitative estimate of drug-likeness (QED) is 0.107. The molecule has 3 saturated heterocycles. The van der Waals surface area contributed by atoms with Crippen LogP contribution in [0.15, 0.2) is 0 Å². The Kier molecular flexibility index (Phi) is 11.5. The summed E-state index contributed by atoms with van der Waals surface area (Å²) < 4.78 is 30.0. The molecular weight excluding hydrogens is 532 g/mol. The molecule has 0 aromatic rings. The van der Waals surface area contributed by atoms with Gasteiger partial charge in [-0.1, -0.05) is 0 Å². The molecule has 4 aliphatic rings. The molecule has 0 spiro atoms. The molecule has 3 heterocycles. The fourth-order valence-electron chi connectivity index (χ4n) is 5.96. The molecule has 0 bridgehead atoms. The molecule has 16 heteroatoms. The second-order valence-electron chi connectivity index (χ2n) is 11.2. The highest BCUT2D eigenvalue weighted by atomic mass is 16.8. The van der Waals surface area contributed by atoms with Crippen LogP contribution in [0.2, 0.25) is 0 Å². The number of aliphatic hydroxyl groups excluding tert-OH is 5. The van der Waals surface area contributed by atoms with Gasteiger partial charge in [0.05, 0.1) is 43.0 Å². The van der Waals surface area contributed by atoms with E-state index in [-0.39, 0.29) is 12.8 Å². The second kappa shape index (κ2) is 14.2. The van der Waals surface area contributed by atoms with E-state index in [1.54, 1.807) is 7.05 Å². The summed E-state index contributed by atoms with van der Waals surface area (Å²) in [6.45, 7) is 0.469. The molecule has 1 saturated carbocycles. The van der Waals surface area contributed by atoms with Crippen molar-refractivity contribution < 1.29 is 49.2 Å². The number of ether oxygens (including phenoxy) is 5. The molecule has 4 rings (SSSR count). The Hall–Kier alpha value is -0.640. The summed E-state index contributed by atoms with van der Waals surface area (Å²) in [7, 11) is 1.60. The van der Waals surface area contributed by atoms with E-state index in [0.717, 1.165) is 0 Å². The SMILES string of the molecule is CNC1C(O[C@H]2OC(CO)[C@@H](NCCCN)C(O)C2O)O[C@H]2CC(N)[C@@H](O[C@H]3CC(O)[C@H](N)CC3N)OC2C1O. The van der Waals surface area contributed by atoms with E-state index in [4.69, 9.17) is 46.6 Å². The van der Waals surface area contributed by atoms with Crippen LogP contribution in [0.3, 0.4) is 0 Å². The van der Waals surface area contributed by atoms with Gasteiger partial charge in [0, 0.05) is 18.5 Å². The molecule has 3 aliphatic heterocycles. The maximum atomic E-state index is 11.2. The lowest BCUT2D eigenvalue weighted by Gasteiger charge is -2.51. The molecule has 40 heavy (non-hydrogen) atoms. The first-order valence-corrected chi connectivity index (χ1v) is 14.1. The van der Waals surface area contributed by atoms with E-state index in [1.807, 2.05) is 0 Å². The molecule has 0 aromatic carbocycles. The van der Waals surface area contributed by atoms with Gasteiger partial charge in [-0.3, -0.25) is 0 Å².